The average Bonchev–Trinajstić information content (AvgIpc) is 2.96. The van der Waals surface area contributed by atoms with Crippen molar-refractivity contribution < 1.29 is 14.3 Å². The minimum Gasteiger partial charge on any atom is -0.465 e. The SMILES string of the molecule is COC(=O)c1cnc(NC(=O)CCc2cccc(Cl)c2Cl)s1. The van der Waals surface area contributed by atoms with Crippen molar-refractivity contribution in [1.82, 2.24) is 4.98 Å². The van der Waals surface area contributed by atoms with Crippen LogP contribution in [0.4, 0.5) is 5.13 Å². The first-order valence-corrected chi connectivity index (χ1v) is 7.85. The van der Waals surface area contributed by atoms with Crippen LogP contribution in [0.1, 0.15) is 21.7 Å². The summed E-state index contributed by atoms with van der Waals surface area (Å²) in [6.45, 7) is 0. The van der Waals surface area contributed by atoms with Crippen molar-refractivity contribution in [2.24, 2.45) is 0 Å². The predicted octanol–water partition coefficient (Wildman–Crippen LogP) is 3.81. The molecule has 5 nitrogen and oxygen atoms in total. The van der Waals surface area contributed by atoms with Crippen molar-refractivity contribution in [3.63, 3.8) is 0 Å². The number of nitrogens with zero attached hydrogens (tertiary/aromatic N) is 1. The van der Waals surface area contributed by atoms with Gasteiger partial charge in [0.2, 0.25) is 5.91 Å². The summed E-state index contributed by atoms with van der Waals surface area (Å²) in [4.78, 5) is 27.5. The van der Waals surface area contributed by atoms with Gasteiger partial charge in [-0.05, 0) is 18.1 Å². The maximum absolute atomic E-state index is 11.9. The summed E-state index contributed by atoms with van der Waals surface area (Å²) in [6, 6.07) is 5.29. The number of anilines is 1. The van der Waals surface area contributed by atoms with Crippen molar-refractivity contribution in [1.29, 1.82) is 0 Å². The number of aromatic nitrogens is 1. The van der Waals surface area contributed by atoms with Crippen LogP contribution in [0.2, 0.25) is 10.0 Å². The summed E-state index contributed by atoms with van der Waals surface area (Å²) in [7, 11) is 1.29. The highest BCUT2D eigenvalue weighted by Crippen LogP contribution is 2.26. The lowest BCUT2D eigenvalue weighted by Crippen LogP contribution is -2.12. The summed E-state index contributed by atoms with van der Waals surface area (Å²) >= 11 is 13.0. The number of carbonyl (C=O) groups excluding carboxylic acids is 2. The van der Waals surface area contributed by atoms with Crippen molar-refractivity contribution in [2.45, 2.75) is 12.8 Å². The van der Waals surface area contributed by atoms with Crippen LogP contribution in [0.5, 0.6) is 0 Å². The molecule has 0 aliphatic heterocycles. The second kappa shape index (κ2) is 7.58. The second-order valence-electron chi connectivity index (χ2n) is 4.28. The standard InChI is InChI=1S/C14H12Cl2N2O3S/c1-21-13(20)10-7-17-14(22-10)18-11(19)6-5-8-3-2-4-9(15)12(8)16/h2-4,7H,5-6H2,1H3,(H,17,18,19). The van der Waals surface area contributed by atoms with Gasteiger partial charge in [0.15, 0.2) is 5.13 Å². The molecule has 0 saturated carbocycles. The Hall–Kier alpha value is -1.63. The topological polar surface area (TPSA) is 68.3 Å². The van der Waals surface area contributed by atoms with Crippen molar-refractivity contribution in [2.75, 3.05) is 12.4 Å². The van der Waals surface area contributed by atoms with Crippen molar-refractivity contribution in [3.8, 4) is 0 Å². The van der Waals surface area contributed by atoms with Gasteiger partial charge in [-0.2, -0.15) is 0 Å². The van der Waals surface area contributed by atoms with E-state index in [0.29, 0.717) is 26.5 Å². The monoisotopic (exact) mass is 358 g/mol. The van der Waals surface area contributed by atoms with E-state index in [1.165, 1.54) is 13.3 Å². The molecule has 2 rings (SSSR count). The summed E-state index contributed by atoms with van der Waals surface area (Å²) < 4.78 is 4.58. The zero-order valence-corrected chi connectivity index (χ0v) is 13.9. The molecule has 2 aromatic rings. The predicted molar refractivity (Wildman–Crippen MR) is 86.9 cm³/mol. The Bertz CT molecular complexity index is 703. The highest BCUT2D eigenvalue weighted by molar-refractivity contribution is 7.17. The molecule has 0 atom stereocenters. The van der Waals surface area contributed by atoms with Crippen LogP contribution in [-0.2, 0) is 16.0 Å². The minimum atomic E-state index is -0.483. The van der Waals surface area contributed by atoms with Crippen LogP contribution in [0.15, 0.2) is 24.4 Å². The number of aryl methyl sites for hydroxylation is 1. The molecule has 1 aromatic heterocycles. The molecule has 0 aliphatic rings. The molecule has 1 aromatic carbocycles. The molecule has 8 heteroatoms. The first kappa shape index (κ1) is 16.7. The lowest BCUT2D eigenvalue weighted by molar-refractivity contribution is -0.116. The van der Waals surface area contributed by atoms with Gasteiger partial charge < -0.3 is 10.1 Å². The Balaban J connectivity index is 1.92. The highest BCUT2D eigenvalue weighted by atomic mass is 35.5. The number of carbonyl (C=O) groups is 2. The van der Waals surface area contributed by atoms with E-state index < -0.39 is 5.97 Å². The Morgan fingerprint density at radius 1 is 1.36 bits per heavy atom. The number of hydrogen-bond donors (Lipinski definition) is 1. The van der Waals surface area contributed by atoms with Gasteiger partial charge >= 0.3 is 5.97 Å². The summed E-state index contributed by atoms with van der Waals surface area (Å²) in [5.74, 6) is -0.703. The van der Waals surface area contributed by atoms with E-state index in [0.717, 1.165) is 16.9 Å². The van der Waals surface area contributed by atoms with Gasteiger partial charge in [-0.1, -0.05) is 46.7 Å². The lowest BCUT2D eigenvalue weighted by Gasteiger charge is -2.05. The van der Waals surface area contributed by atoms with Crippen LogP contribution in [-0.4, -0.2) is 24.0 Å². The molecular formula is C14H12Cl2N2O3S. The fraction of sp³-hybridized carbons (Fsp3) is 0.214. The fourth-order valence-corrected chi connectivity index (χ4v) is 2.86. The van der Waals surface area contributed by atoms with Crippen LogP contribution in [0, 0.1) is 0 Å². The van der Waals surface area contributed by atoms with Crippen LogP contribution < -0.4 is 5.32 Å². The Kier molecular flexibility index (Phi) is 5.76. The number of nitrogens with one attached hydrogen (secondary N) is 1. The van der Waals surface area contributed by atoms with E-state index in [2.05, 4.69) is 15.0 Å². The quantitative estimate of drug-likeness (QED) is 0.825. The minimum absolute atomic E-state index is 0.221. The molecular weight excluding hydrogens is 347 g/mol. The average molecular weight is 359 g/mol. The van der Waals surface area contributed by atoms with E-state index in [4.69, 9.17) is 23.2 Å². The number of methoxy groups -OCH3 is 1. The number of halogens is 2. The first-order chi connectivity index (χ1) is 10.5. The van der Waals surface area contributed by atoms with Crippen molar-refractivity contribution in [3.05, 3.63) is 44.9 Å². The van der Waals surface area contributed by atoms with Gasteiger partial charge in [0.25, 0.3) is 0 Å². The van der Waals surface area contributed by atoms with Gasteiger partial charge in [0.05, 0.1) is 23.4 Å². The van der Waals surface area contributed by atoms with E-state index >= 15 is 0 Å². The number of rotatable bonds is 5. The molecule has 0 radical (unpaired) electrons. The molecule has 0 saturated heterocycles. The van der Waals surface area contributed by atoms with Crippen LogP contribution in [0.25, 0.3) is 0 Å². The molecule has 0 unspecified atom stereocenters. The number of esters is 1. The number of benzene rings is 1. The van der Waals surface area contributed by atoms with E-state index in [9.17, 15) is 9.59 Å². The fourth-order valence-electron chi connectivity index (χ4n) is 1.70. The van der Waals surface area contributed by atoms with Crippen LogP contribution >= 0.6 is 34.5 Å². The number of hydrogen-bond acceptors (Lipinski definition) is 5. The third-order valence-electron chi connectivity index (χ3n) is 2.79. The van der Waals surface area contributed by atoms with Gasteiger partial charge in [-0.3, -0.25) is 4.79 Å². The Labute approximate surface area is 141 Å². The number of thiazole rings is 1. The highest BCUT2D eigenvalue weighted by Gasteiger charge is 2.13. The zero-order valence-electron chi connectivity index (χ0n) is 11.6. The Morgan fingerprint density at radius 3 is 2.86 bits per heavy atom. The second-order valence-corrected chi connectivity index (χ2v) is 6.10. The smallest absolute Gasteiger partial charge is 0.349 e. The Morgan fingerprint density at radius 2 is 2.14 bits per heavy atom. The molecule has 0 bridgehead atoms. The summed E-state index contributed by atoms with van der Waals surface area (Å²) in [5.41, 5.74) is 0.804. The molecule has 1 amide bonds. The van der Waals surface area contributed by atoms with Gasteiger partial charge in [0.1, 0.15) is 4.88 Å². The van der Waals surface area contributed by atoms with Gasteiger partial charge in [0, 0.05) is 6.42 Å². The van der Waals surface area contributed by atoms with E-state index in [1.807, 2.05) is 6.07 Å². The molecule has 22 heavy (non-hydrogen) atoms. The van der Waals surface area contributed by atoms with E-state index in [-0.39, 0.29) is 12.3 Å². The third-order valence-corrected chi connectivity index (χ3v) is 4.54. The zero-order chi connectivity index (χ0) is 16.1. The maximum atomic E-state index is 11.9. The van der Waals surface area contributed by atoms with Crippen LogP contribution in [0.3, 0.4) is 0 Å². The molecule has 0 spiro atoms. The van der Waals surface area contributed by atoms with E-state index in [1.54, 1.807) is 12.1 Å². The molecule has 1 N–H and O–H groups in total. The normalized spacial score (nSPS) is 10.3. The van der Waals surface area contributed by atoms with Gasteiger partial charge in [-0.25, -0.2) is 9.78 Å². The molecule has 0 aliphatic carbocycles. The molecule has 116 valence electrons. The first-order valence-electron chi connectivity index (χ1n) is 6.28. The molecule has 0 fully saturated rings. The summed E-state index contributed by atoms with van der Waals surface area (Å²) in [5, 5.41) is 3.90. The largest absolute Gasteiger partial charge is 0.465 e. The lowest BCUT2D eigenvalue weighted by atomic mass is 10.1. The summed E-state index contributed by atoms with van der Waals surface area (Å²) in [6.07, 6.45) is 2.05. The third kappa shape index (κ3) is 4.19. The number of ether oxygens (including phenoxy) is 1. The number of amides is 1. The van der Waals surface area contributed by atoms with Gasteiger partial charge in [-0.15, -0.1) is 0 Å². The molecule has 1 heterocycles. The van der Waals surface area contributed by atoms with Crippen molar-refractivity contribution >= 4 is 51.5 Å². The maximum Gasteiger partial charge on any atom is 0.349 e.